The Bertz CT molecular complexity index is 650. The zero-order chi connectivity index (χ0) is 16.5. The van der Waals surface area contributed by atoms with Gasteiger partial charge >= 0.3 is 0 Å². The standard InChI is InChI=1S/C20H22O3/c1-4-20(23-15-14-21-3)18-8-6-16(7-9-18)17-10-12-19(13-11-17)22-5-2/h6-13H,1,5,14-15H2,2-3H3. The predicted molar refractivity (Wildman–Crippen MR) is 93.4 cm³/mol. The van der Waals surface area contributed by atoms with E-state index in [1.165, 1.54) is 0 Å². The van der Waals surface area contributed by atoms with E-state index in [0.29, 0.717) is 25.6 Å². The number of methoxy groups -OCH3 is 1. The van der Waals surface area contributed by atoms with E-state index >= 15 is 0 Å². The van der Waals surface area contributed by atoms with Gasteiger partial charge in [0.1, 0.15) is 12.4 Å². The van der Waals surface area contributed by atoms with Crippen LogP contribution in [-0.2, 0) is 9.47 Å². The summed E-state index contributed by atoms with van der Waals surface area (Å²) in [5.41, 5.74) is 6.06. The number of hydrogen-bond acceptors (Lipinski definition) is 3. The SMILES string of the molecule is C=C=C(OCCOC)c1ccc(-c2ccc(OCC)cc2)cc1. The van der Waals surface area contributed by atoms with Crippen molar-refractivity contribution in [3.05, 3.63) is 66.4 Å². The molecule has 120 valence electrons. The Morgan fingerprint density at radius 2 is 1.57 bits per heavy atom. The van der Waals surface area contributed by atoms with E-state index in [0.717, 1.165) is 22.4 Å². The van der Waals surface area contributed by atoms with Crippen molar-refractivity contribution in [1.82, 2.24) is 0 Å². The van der Waals surface area contributed by atoms with Crippen molar-refractivity contribution in [1.29, 1.82) is 0 Å². The smallest absolute Gasteiger partial charge is 0.169 e. The first-order valence-corrected chi connectivity index (χ1v) is 7.64. The summed E-state index contributed by atoms with van der Waals surface area (Å²) < 4.78 is 16.1. The second kappa shape index (κ2) is 8.84. The van der Waals surface area contributed by atoms with Crippen LogP contribution in [0.15, 0.2) is 60.8 Å². The Labute approximate surface area is 137 Å². The summed E-state index contributed by atoms with van der Waals surface area (Å²) in [7, 11) is 1.65. The van der Waals surface area contributed by atoms with Gasteiger partial charge in [0.15, 0.2) is 5.76 Å². The van der Waals surface area contributed by atoms with Crippen LogP contribution in [-0.4, -0.2) is 26.9 Å². The number of hydrogen-bond donors (Lipinski definition) is 0. The Hall–Kier alpha value is -2.48. The van der Waals surface area contributed by atoms with E-state index in [4.69, 9.17) is 14.2 Å². The molecule has 3 nitrogen and oxygen atoms in total. The fraction of sp³-hybridized carbons (Fsp3) is 0.250. The zero-order valence-corrected chi connectivity index (χ0v) is 13.7. The van der Waals surface area contributed by atoms with Gasteiger partial charge in [0, 0.05) is 12.7 Å². The minimum absolute atomic E-state index is 0.481. The lowest BCUT2D eigenvalue weighted by atomic mass is 10.0. The first-order chi connectivity index (χ1) is 11.3. The van der Waals surface area contributed by atoms with Crippen LogP contribution in [0.1, 0.15) is 12.5 Å². The molecule has 0 saturated carbocycles. The highest BCUT2D eigenvalue weighted by Crippen LogP contribution is 2.24. The van der Waals surface area contributed by atoms with Crippen molar-refractivity contribution in [2.45, 2.75) is 6.92 Å². The maximum absolute atomic E-state index is 5.61. The van der Waals surface area contributed by atoms with E-state index in [-0.39, 0.29) is 0 Å². The van der Waals surface area contributed by atoms with Crippen LogP contribution in [0.5, 0.6) is 5.75 Å². The van der Waals surface area contributed by atoms with Crippen molar-refractivity contribution in [2.75, 3.05) is 26.9 Å². The summed E-state index contributed by atoms with van der Waals surface area (Å²) >= 11 is 0. The van der Waals surface area contributed by atoms with Crippen LogP contribution in [0.25, 0.3) is 16.9 Å². The van der Waals surface area contributed by atoms with Gasteiger partial charge in [0.25, 0.3) is 0 Å². The molecule has 0 aliphatic rings. The van der Waals surface area contributed by atoms with E-state index in [1.807, 2.05) is 31.2 Å². The topological polar surface area (TPSA) is 27.7 Å². The van der Waals surface area contributed by atoms with Crippen LogP contribution < -0.4 is 4.74 Å². The molecule has 0 saturated heterocycles. The third-order valence-corrected chi connectivity index (χ3v) is 3.34. The van der Waals surface area contributed by atoms with Gasteiger partial charge in [-0.2, -0.15) is 0 Å². The van der Waals surface area contributed by atoms with Crippen LogP contribution in [0.4, 0.5) is 0 Å². The second-order valence-corrected chi connectivity index (χ2v) is 4.88. The monoisotopic (exact) mass is 310 g/mol. The molecule has 0 fully saturated rings. The third-order valence-electron chi connectivity index (χ3n) is 3.34. The molecule has 0 aromatic heterocycles. The molecule has 0 N–H and O–H groups in total. The van der Waals surface area contributed by atoms with Gasteiger partial charge in [-0.1, -0.05) is 36.6 Å². The highest BCUT2D eigenvalue weighted by atomic mass is 16.5. The Morgan fingerprint density at radius 3 is 2.09 bits per heavy atom. The van der Waals surface area contributed by atoms with E-state index in [9.17, 15) is 0 Å². The molecule has 0 bridgehead atoms. The van der Waals surface area contributed by atoms with Crippen LogP contribution >= 0.6 is 0 Å². The maximum atomic E-state index is 5.61. The summed E-state index contributed by atoms with van der Waals surface area (Å²) in [6.45, 7) is 7.35. The van der Waals surface area contributed by atoms with Crippen LogP contribution in [0.3, 0.4) is 0 Å². The fourth-order valence-corrected chi connectivity index (χ4v) is 2.19. The first kappa shape index (κ1) is 16.9. The van der Waals surface area contributed by atoms with Crippen LogP contribution in [0, 0.1) is 0 Å². The molecule has 0 aliphatic heterocycles. The molecular weight excluding hydrogens is 288 g/mol. The predicted octanol–water partition coefficient (Wildman–Crippen LogP) is 4.54. The van der Waals surface area contributed by atoms with Gasteiger partial charge in [-0.3, -0.25) is 0 Å². The molecule has 0 atom stereocenters. The third kappa shape index (κ3) is 4.75. The molecule has 0 heterocycles. The molecule has 2 rings (SSSR count). The summed E-state index contributed by atoms with van der Waals surface area (Å²) in [5.74, 6) is 1.52. The summed E-state index contributed by atoms with van der Waals surface area (Å²) in [6, 6.07) is 16.2. The van der Waals surface area contributed by atoms with Crippen molar-refractivity contribution in [3.8, 4) is 16.9 Å². The van der Waals surface area contributed by atoms with Crippen LogP contribution in [0.2, 0.25) is 0 Å². The van der Waals surface area contributed by atoms with Crippen molar-refractivity contribution >= 4 is 5.76 Å². The van der Waals surface area contributed by atoms with Gasteiger partial charge < -0.3 is 14.2 Å². The molecule has 0 unspecified atom stereocenters. The lowest BCUT2D eigenvalue weighted by Gasteiger charge is -2.09. The molecule has 2 aromatic rings. The molecular formula is C20H22O3. The highest BCUT2D eigenvalue weighted by molar-refractivity contribution is 5.68. The van der Waals surface area contributed by atoms with Crippen molar-refractivity contribution in [3.63, 3.8) is 0 Å². The molecule has 23 heavy (non-hydrogen) atoms. The van der Waals surface area contributed by atoms with E-state index in [1.54, 1.807) is 7.11 Å². The quantitative estimate of drug-likeness (QED) is 0.407. The molecule has 0 amide bonds. The lowest BCUT2D eigenvalue weighted by Crippen LogP contribution is -2.00. The Kier molecular flexibility index (Phi) is 6.49. The Balaban J connectivity index is 2.10. The van der Waals surface area contributed by atoms with Gasteiger partial charge in [0.05, 0.1) is 13.2 Å². The highest BCUT2D eigenvalue weighted by Gasteiger charge is 2.04. The number of rotatable bonds is 8. The average molecular weight is 310 g/mol. The fourth-order valence-electron chi connectivity index (χ4n) is 2.19. The molecule has 2 aromatic carbocycles. The zero-order valence-electron chi connectivity index (χ0n) is 13.7. The van der Waals surface area contributed by atoms with Gasteiger partial charge in [-0.15, -0.1) is 0 Å². The van der Waals surface area contributed by atoms with Gasteiger partial charge in [-0.25, -0.2) is 0 Å². The second-order valence-electron chi connectivity index (χ2n) is 4.88. The van der Waals surface area contributed by atoms with Crippen molar-refractivity contribution < 1.29 is 14.2 Å². The number of benzene rings is 2. The average Bonchev–Trinajstić information content (AvgIpc) is 2.60. The molecule has 0 aliphatic carbocycles. The normalized spacial score (nSPS) is 10.0. The molecule has 0 spiro atoms. The van der Waals surface area contributed by atoms with Gasteiger partial charge in [-0.05, 0) is 42.3 Å². The molecule has 0 radical (unpaired) electrons. The summed E-state index contributed by atoms with van der Waals surface area (Å²) in [4.78, 5) is 0. The molecule has 3 heteroatoms. The minimum Gasteiger partial charge on any atom is -0.494 e. The summed E-state index contributed by atoms with van der Waals surface area (Å²) in [6.07, 6.45) is 0. The maximum Gasteiger partial charge on any atom is 0.169 e. The lowest BCUT2D eigenvalue weighted by molar-refractivity contribution is 0.133. The first-order valence-electron chi connectivity index (χ1n) is 7.64. The van der Waals surface area contributed by atoms with E-state index < -0.39 is 0 Å². The minimum atomic E-state index is 0.481. The largest absolute Gasteiger partial charge is 0.494 e. The van der Waals surface area contributed by atoms with E-state index in [2.05, 4.69) is 36.6 Å². The number of ether oxygens (including phenoxy) is 3. The Morgan fingerprint density at radius 1 is 0.957 bits per heavy atom. The van der Waals surface area contributed by atoms with Crippen molar-refractivity contribution in [2.24, 2.45) is 0 Å². The van der Waals surface area contributed by atoms with Gasteiger partial charge in [0.2, 0.25) is 0 Å². The summed E-state index contributed by atoms with van der Waals surface area (Å²) in [5, 5.41) is 0.